The standard InChI is InChI=1S/C25H37N3O3/c1-19-8-10-21(11-9-19)28(18-22(29)26-14-6-5-7-15-26)23(30)20-12-16-27(17-13-20)24(31)25(2,3)4/h8-11,20H,5-7,12-18H2,1-4H3. The fourth-order valence-corrected chi connectivity index (χ4v) is 4.42. The van der Waals surface area contributed by atoms with Crippen molar-refractivity contribution in [3.05, 3.63) is 29.8 Å². The Kier molecular flexibility index (Phi) is 7.39. The highest BCUT2D eigenvalue weighted by Gasteiger charge is 2.35. The molecule has 0 N–H and O–H groups in total. The zero-order valence-corrected chi connectivity index (χ0v) is 19.5. The first-order valence-electron chi connectivity index (χ1n) is 11.6. The molecule has 0 aromatic heterocycles. The molecular weight excluding hydrogens is 390 g/mol. The van der Waals surface area contributed by atoms with Gasteiger partial charge in [-0.15, -0.1) is 0 Å². The second-order valence-corrected chi connectivity index (χ2v) is 10.0. The van der Waals surface area contributed by atoms with Crippen molar-refractivity contribution in [2.45, 2.75) is 59.8 Å². The van der Waals surface area contributed by atoms with Gasteiger partial charge >= 0.3 is 0 Å². The number of amides is 3. The normalized spacial score (nSPS) is 18.1. The summed E-state index contributed by atoms with van der Waals surface area (Å²) in [5.74, 6) is -0.0143. The molecular formula is C25H37N3O3. The third kappa shape index (κ3) is 5.86. The number of carbonyl (C=O) groups is 3. The lowest BCUT2D eigenvalue weighted by molar-refractivity contribution is -0.142. The summed E-state index contributed by atoms with van der Waals surface area (Å²) in [6.07, 6.45) is 4.51. The van der Waals surface area contributed by atoms with E-state index in [9.17, 15) is 14.4 Å². The first-order valence-corrected chi connectivity index (χ1v) is 11.6. The Labute approximate surface area is 186 Å². The van der Waals surface area contributed by atoms with Crippen molar-refractivity contribution >= 4 is 23.4 Å². The maximum atomic E-state index is 13.5. The largest absolute Gasteiger partial charge is 0.342 e. The molecule has 2 aliphatic heterocycles. The van der Waals surface area contributed by atoms with E-state index in [1.165, 1.54) is 0 Å². The maximum Gasteiger partial charge on any atom is 0.242 e. The molecule has 6 heteroatoms. The van der Waals surface area contributed by atoms with Crippen molar-refractivity contribution in [2.24, 2.45) is 11.3 Å². The van der Waals surface area contributed by atoms with Gasteiger partial charge in [-0.2, -0.15) is 0 Å². The van der Waals surface area contributed by atoms with Crippen molar-refractivity contribution in [1.82, 2.24) is 9.80 Å². The highest BCUT2D eigenvalue weighted by atomic mass is 16.2. The van der Waals surface area contributed by atoms with Crippen molar-refractivity contribution in [3.63, 3.8) is 0 Å². The topological polar surface area (TPSA) is 60.9 Å². The minimum Gasteiger partial charge on any atom is -0.342 e. The first kappa shape index (κ1) is 23.3. The Bertz CT molecular complexity index is 783. The molecule has 31 heavy (non-hydrogen) atoms. The summed E-state index contributed by atoms with van der Waals surface area (Å²) < 4.78 is 0. The van der Waals surface area contributed by atoms with E-state index in [0.717, 1.165) is 43.6 Å². The summed E-state index contributed by atoms with van der Waals surface area (Å²) in [4.78, 5) is 44.5. The predicted molar refractivity (Wildman–Crippen MR) is 123 cm³/mol. The van der Waals surface area contributed by atoms with Gasteiger partial charge in [0.25, 0.3) is 0 Å². The van der Waals surface area contributed by atoms with Crippen LogP contribution in [0.2, 0.25) is 0 Å². The van der Waals surface area contributed by atoms with Crippen LogP contribution in [0.1, 0.15) is 58.4 Å². The van der Waals surface area contributed by atoms with Gasteiger partial charge in [-0.1, -0.05) is 38.5 Å². The summed E-state index contributed by atoms with van der Waals surface area (Å²) in [5, 5.41) is 0. The SMILES string of the molecule is Cc1ccc(N(CC(=O)N2CCCCC2)C(=O)C2CCN(C(=O)C(C)(C)C)CC2)cc1. The second-order valence-electron chi connectivity index (χ2n) is 10.0. The first-order chi connectivity index (χ1) is 14.7. The molecule has 0 bridgehead atoms. The predicted octanol–water partition coefficient (Wildman–Crippen LogP) is 3.63. The van der Waals surface area contributed by atoms with Crippen LogP contribution in [0.5, 0.6) is 0 Å². The Balaban J connectivity index is 1.71. The smallest absolute Gasteiger partial charge is 0.242 e. The van der Waals surface area contributed by atoms with Gasteiger partial charge < -0.3 is 14.7 Å². The van der Waals surface area contributed by atoms with Gasteiger partial charge in [0.05, 0.1) is 0 Å². The molecule has 0 saturated carbocycles. The minimum absolute atomic E-state index is 0.00271. The molecule has 0 aliphatic carbocycles. The average Bonchev–Trinajstić information content (AvgIpc) is 2.77. The molecule has 2 fully saturated rings. The molecule has 170 valence electrons. The molecule has 2 heterocycles. The Morgan fingerprint density at radius 2 is 1.48 bits per heavy atom. The van der Waals surface area contributed by atoms with Crippen LogP contribution in [0.3, 0.4) is 0 Å². The van der Waals surface area contributed by atoms with Crippen LogP contribution in [0.4, 0.5) is 5.69 Å². The molecule has 0 unspecified atom stereocenters. The van der Waals surface area contributed by atoms with E-state index in [-0.39, 0.29) is 30.2 Å². The van der Waals surface area contributed by atoms with Crippen molar-refractivity contribution < 1.29 is 14.4 Å². The monoisotopic (exact) mass is 427 g/mol. The number of aryl methyl sites for hydroxylation is 1. The van der Waals surface area contributed by atoms with Crippen LogP contribution in [-0.4, -0.2) is 60.2 Å². The third-order valence-corrected chi connectivity index (χ3v) is 6.39. The van der Waals surface area contributed by atoms with E-state index >= 15 is 0 Å². The molecule has 0 radical (unpaired) electrons. The van der Waals surface area contributed by atoms with Gasteiger partial charge in [-0.25, -0.2) is 0 Å². The number of hydrogen-bond acceptors (Lipinski definition) is 3. The zero-order valence-electron chi connectivity index (χ0n) is 19.5. The molecule has 3 rings (SSSR count). The maximum absolute atomic E-state index is 13.5. The summed E-state index contributed by atoms with van der Waals surface area (Å²) in [6, 6.07) is 7.81. The van der Waals surface area contributed by atoms with Crippen LogP contribution < -0.4 is 4.90 Å². The van der Waals surface area contributed by atoms with Crippen LogP contribution in [0.25, 0.3) is 0 Å². The number of rotatable bonds is 4. The summed E-state index contributed by atoms with van der Waals surface area (Å²) in [6.45, 7) is 10.6. The quantitative estimate of drug-likeness (QED) is 0.737. The van der Waals surface area contributed by atoms with Gasteiger partial charge in [-0.3, -0.25) is 14.4 Å². The molecule has 6 nitrogen and oxygen atoms in total. The minimum atomic E-state index is -0.411. The number of benzene rings is 1. The fraction of sp³-hybridized carbons (Fsp3) is 0.640. The van der Waals surface area contributed by atoms with Gasteiger partial charge in [-0.05, 0) is 51.2 Å². The highest BCUT2D eigenvalue weighted by molar-refractivity contribution is 6.00. The fourth-order valence-electron chi connectivity index (χ4n) is 4.42. The lowest BCUT2D eigenvalue weighted by Crippen LogP contribution is -2.50. The third-order valence-electron chi connectivity index (χ3n) is 6.39. The highest BCUT2D eigenvalue weighted by Crippen LogP contribution is 2.27. The van der Waals surface area contributed by atoms with E-state index in [4.69, 9.17) is 0 Å². The number of carbonyl (C=O) groups excluding carboxylic acids is 3. The summed E-state index contributed by atoms with van der Waals surface area (Å²) >= 11 is 0. The molecule has 1 aromatic carbocycles. The van der Waals surface area contributed by atoms with Crippen LogP contribution in [0.15, 0.2) is 24.3 Å². The molecule has 0 atom stereocenters. The molecule has 2 saturated heterocycles. The molecule has 2 aliphatic rings. The van der Waals surface area contributed by atoms with Crippen LogP contribution in [0, 0.1) is 18.3 Å². The second kappa shape index (κ2) is 9.84. The molecule has 3 amide bonds. The van der Waals surface area contributed by atoms with Crippen molar-refractivity contribution in [1.29, 1.82) is 0 Å². The van der Waals surface area contributed by atoms with Crippen molar-refractivity contribution in [2.75, 3.05) is 37.6 Å². The Hall–Kier alpha value is -2.37. The van der Waals surface area contributed by atoms with Crippen LogP contribution in [-0.2, 0) is 14.4 Å². The van der Waals surface area contributed by atoms with Crippen LogP contribution >= 0.6 is 0 Å². The van der Waals surface area contributed by atoms with Crippen molar-refractivity contribution in [3.8, 4) is 0 Å². The summed E-state index contributed by atoms with van der Waals surface area (Å²) in [7, 11) is 0. The number of nitrogens with zero attached hydrogens (tertiary/aromatic N) is 3. The Morgan fingerprint density at radius 3 is 2.03 bits per heavy atom. The number of piperidine rings is 2. The lowest BCUT2D eigenvalue weighted by atomic mass is 9.90. The Morgan fingerprint density at radius 1 is 0.903 bits per heavy atom. The summed E-state index contributed by atoms with van der Waals surface area (Å²) in [5.41, 5.74) is 1.48. The van der Waals surface area contributed by atoms with Gasteiger partial charge in [0, 0.05) is 43.2 Å². The number of likely N-dealkylation sites (tertiary alicyclic amines) is 2. The van der Waals surface area contributed by atoms with Gasteiger partial charge in [0.1, 0.15) is 6.54 Å². The molecule has 1 aromatic rings. The van der Waals surface area contributed by atoms with E-state index < -0.39 is 5.41 Å². The average molecular weight is 428 g/mol. The van der Waals surface area contributed by atoms with E-state index in [2.05, 4.69) is 0 Å². The van der Waals surface area contributed by atoms with Gasteiger partial charge in [0.15, 0.2) is 0 Å². The number of anilines is 1. The van der Waals surface area contributed by atoms with E-state index in [1.807, 2.05) is 61.8 Å². The zero-order chi connectivity index (χ0) is 22.6. The van der Waals surface area contributed by atoms with E-state index in [1.54, 1.807) is 4.90 Å². The van der Waals surface area contributed by atoms with Gasteiger partial charge in [0.2, 0.25) is 17.7 Å². The number of hydrogen-bond donors (Lipinski definition) is 0. The lowest BCUT2D eigenvalue weighted by Gasteiger charge is -2.37. The molecule has 0 spiro atoms. The van der Waals surface area contributed by atoms with E-state index in [0.29, 0.717) is 25.9 Å².